The van der Waals surface area contributed by atoms with E-state index < -0.39 is 0 Å². The van der Waals surface area contributed by atoms with E-state index in [2.05, 4.69) is 39.7 Å². The first kappa shape index (κ1) is 14.8. The number of amidine groups is 1. The minimum Gasteiger partial charge on any atom is -0.409 e. The number of oxime groups is 1. The molecule has 6 nitrogen and oxygen atoms in total. The monoisotopic (exact) mass is 279 g/mol. The van der Waals surface area contributed by atoms with Crippen molar-refractivity contribution in [2.45, 2.75) is 58.7 Å². The molecule has 0 radical (unpaired) electrons. The molecule has 0 bridgehead atoms. The van der Waals surface area contributed by atoms with Gasteiger partial charge in [-0.2, -0.15) is 5.10 Å². The summed E-state index contributed by atoms with van der Waals surface area (Å²) in [5.74, 6) is 0.322. The maximum absolute atomic E-state index is 8.93. The molecule has 1 aliphatic rings. The summed E-state index contributed by atoms with van der Waals surface area (Å²) in [6.45, 7) is 6.88. The zero-order valence-electron chi connectivity index (χ0n) is 12.4. The Morgan fingerprint density at radius 2 is 2.30 bits per heavy atom. The Hall–Kier alpha value is -1.56. The number of aryl methyl sites for hydroxylation is 2. The third-order valence-electron chi connectivity index (χ3n) is 4.01. The van der Waals surface area contributed by atoms with Crippen LogP contribution in [0.2, 0.25) is 0 Å². The molecule has 0 saturated carbocycles. The van der Waals surface area contributed by atoms with Gasteiger partial charge in [0.25, 0.3) is 0 Å². The molecule has 1 unspecified atom stereocenters. The van der Waals surface area contributed by atoms with Gasteiger partial charge < -0.3 is 10.9 Å². The quantitative estimate of drug-likeness (QED) is 0.371. The topological polar surface area (TPSA) is 79.7 Å². The van der Waals surface area contributed by atoms with E-state index >= 15 is 0 Å². The van der Waals surface area contributed by atoms with Crippen molar-refractivity contribution in [2.24, 2.45) is 10.9 Å². The Bertz CT molecular complexity index is 468. The van der Waals surface area contributed by atoms with Crippen LogP contribution in [0, 0.1) is 0 Å². The summed E-state index contributed by atoms with van der Waals surface area (Å²) in [6.07, 6.45) is 4.20. The van der Waals surface area contributed by atoms with E-state index in [1.165, 1.54) is 5.69 Å². The lowest BCUT2D eigenvalue weighted by molar-refractivity contribution is 0.173. The first-order valence-electron chi connectivity index (χ1n) is 7.46. The molecule has 1 aliphatic heterocycles. The average Bonchev–Trinajstić information content (AvgIpc) is 2.89. The lowest BCUT2D eigenvalue weighted by atomic mass is 10.0. The molecule has 1 saturated heterocycles. The molecule has 0 spiro atoms. The Labute approximate surface area is 120 Å². The van der Waals surface area contributed by atoms with Crippen molar-refractivity contribution in [2.75, 3.05) is 6.54 Å². The smallest absolute Gasteiger partial charge is 0.156 e. The van der Waals surface area contributed by atoms with Crippen LogP contribution >= 0.6 is 0 Å². The predicted molar refractivity (Wildman–Crippen MR) is 78.7 cm³/mol. The third kappa shape index (κ3) is 3.12. The van der Waals surface area contributed by atoms with E-state index in [0.29, 0.717) is 5.84 Å². The number of nitrogens with zero attached hydrogens (tertiary/aromatic N) is 4. The van der Waals surface area contributed by atoms with E-state index in [9.17, 15) is 0 Å². The molecule has 0 aliphatic carbocycles. The van der Waals surface area contributed by atoms with Gasteiger partial charge in [0.15, 0.2) is 5.84 Å². The van der Waals surface area contributed by atoms with Crippen LogP contribution in [-0.4, -0.2) is 38.3 Å². The number of hydrogen-bond donors (Lipinski definition) is 2. The molecule has 2 heterocycles. The zero-order chi connectivity index (χ0) is 14.5. The standard InChI is InChI=1S/C14H25N5O/c1-3-11-9-12(19(4-2)16-11)10-18-8-6-5-7-13(18)14(15)17-20/h9,13,20H,3-8,10H2,1-2H3,(H2,15,17). The van der Waals surface area contributed by atoms with Gasteiger partial charge in [0.1, 0.15) is 0 Å². The average molecular weight is 279 g/mol. The van der Waals surface area contributed by atoms with Gasteiger partial charge in [-0.15, -0.1) is 0 Å². The van der Waals surface area contributed by atoms with Gasteiger partial charge in [0, 0.05) is 13.1 Å². The molecule has 1 aromatic heterocycles. The Balaban J connectivity index is 2.16. The Kier molecular flexibility index (Phi) is 5.00. The largest absolute Gasteiger partial charge is 0.409 e. The van der Waals surface area contributed by atoms with Crippen LogP contribution in [0.4, 0.5) is 0 Å². The van der Waals surface area contributed by atoms with E-state index in [-0.39, 0.29) is 6.04 Å². The Morgan fingerprint density at radius 1 is 1.50 bits per heavy atom. The fraction of sp³-hybridized carbons (Fsp3) is 0.714. The van der Waals surface area contributed by atoms with E-state index in [4.69, 9.17) is 10.9 Å². The van der Waals surface area contributed by atoms with Crippen molar-refractivity contribution in [3.63, 3.8) is 0 Å². The molecule has 1 aromatic rings. The van der Waals surface area contributed by atoms with Crippen molar-refractivity contribution in [3.05, 3.63) is 17.5 Å². The van der Waals surface area contributed by atoms with Crippen LogP contribution in [0.15, 0.2) is 11.2 Å². The third-order valence-corrected chi connectivity index (χ3v) is 4.01. The van der Waals surface area contributed by atoms with Crippen molar-refractivity contribution < 1.29 is 5.21 Å². The number of piperidine rings is 1. The number of nitrogens with two attached hydrogens (primary N) is 1. The molecule has 112 valence electrons. The molecule has 20 heavy (non-hydrogen) atoms. The summed E-state index contributed by atoms with van der Waals surface area (Å²) >= 11 is 0. The Morgan fingerprint density at radius 3 is 2.95 bits per heavy atom. The van der Waals surface area contributed by atoms with Gasteiger partial charge in [-0.25, -0.2) is 0 Å². The fourth-order valence-electron chi connectivity index (χ4n) is 2.88. The van der Waals surface area contributed by atoms with Gasteiger partial charge in [0.05, 0.1) is 17.4 Å². The van der Waals surface area contributed by atoms with Crippen molar-refractivity contribution >= 4 is 5.84 Å². The lowest BCUT2D eigenvalue weighted by Gasteiger charge is -2.34. The lowest BCUT2D eigenvalue weighted by Crippen LogP contribution is -2.47. The first-order chi connectivity index (χ1) is 9.69. The van der Waals surface area contributed by atoms with Crippen molar-refractivity contribution in [3.8, 4) is 0 Å². The molecule has 2 rings (SSSR count). The first-order valence-corrected chi connectivity index (χ1v) is 7.46. The van der Waals surface area contributed by atoms with Crippen LogP contribution < -0.4 is 5.73 Å². The highest BCUT2D eigenvalue weighted by Gasteiger charge is 2.26. The highest BCUT2D eigenvalue weighted by Crippen LogP contribution is 2.20. The SMILES string of the molecule is CCc1cc(CN2CCCCC2C(N)=NO)n(CC)n1. The summed E-state index contributed by atoms with van der Waals surface area (Å²) in [6, 6.07) is 2.21. The number of hydrogen-bond acceptors (Lipinski definition) is 4. The summed E-state index contributed by atoms with van der Waals surface area (Å²) in [5, 5.41) is 16.7. The molecule has 0 aromatic carbocycles. The summed E-state index contributed by atoms with van der Waals surface area (Å²) < 4.78 is 2.05. The van der Waals surface area contributed by atoms with Crippen LogP contribution in [-0.2, 0) is 19.5 Å². The van der Waals surface area contributed by atoms with Gasteiger partial charge in [-0.1, -0.05) is 18.5 Å². The highest BCUT2D eigenvalue weighted by molar-refractivity contribution is 5.85. The van der Waals surface area contributed by atoms with Gasteiger partial charge in [-0.05, 0) is 38.8 Å². The van der Waals surface area contributed by atoms with Crippen LogP contribution in [0.1, 0.15) is 44.5 Å². The van der Waals surface area contributed by atoms with E-state index in [1.807, 2.05) is 0 Å². The number of likely N-dealkylation sites (tertiary alicyclic amines) is 1. The molecular weight excluding hydrogens is 254 g/mol. The predicted octanol–water partition coefficient (Wildman–Crippen LogP) is 1.57. The molecular formula is C14H25N5O. The minimum absolute atomic E-state index is 0.0408. The fourth-order valence-corrected chi connectivity index (χ4v) is 2.88. The maximum Gasteiger partial charge on any atom is 0.156 e. The molecule has 6 heteroatoms. The maximum atomic E-state index is 8.93. The second-order valence-electron chi connectivity index (χ2n) is 5.30. The summed E-state index contributed by atoms with van der Waals surface area (Å²) in [4.78, 5) is 2.29. The van der Waals surface area contributed by atoms with Gasteiger partial charge >= 0.3 is 0 Å². The van der Waals surface area contributed by atoms with E-state index in [0.717, 1.165) is 51.0 Å². The number of rotatable bonds is 5. The van der Waals surface area contributed by atoms with Crippen LogP contribution in [0.25, 0.3) is 0 Å². The van der Waals surface area contributed by atoms with Crippen LogP contribution in [0.3, 0.4) is 0 Å². The van der Waals surface area contributed by atoms with Gasteiger partial charge in [-0.3, -0.25) is 9.58 Å². The molecule has 1 atom stereocenters. The highest BCUT2D eigenvalue weighted by atomic mass is 16.4. The second kappa shape index (κ2) is 6.74. The summed E-state index contributed by atoms with van der Waals surface area (Å²) in [5.41, 5.74) is 8.16. The van der Waals surface area contributed by atoms with Crippen LogP contribution in [0.5, 0.6) is 0 Å². The zero-order valence-corrected chi connectivity index (χ0v) is 12.4. The van der Waals surface area contributed by atoms with Crippen molar-refractivity contribution in [1.29, 1.82) is 0 Å². The molecule has 3 N–H and O–H groups in total. The molecule has 1 fully saturated rings. The second-order valence-corrected chi connectivity index (χ2v) is 5.30. The normalized spacial score (nSPS) is 21.3. The molecule has 0 amide bonds. The van der Waals surface area contributed by atoms with Crippen molar-refractivity contribution in [1.82, 2.24) is 14.7 Å². The van der Waals surface area contributed by atoms with E-state index in [1.54, 1.807) is 0 Å². The summed E-state index contributed by atoms with van der Waals surface area (Å²) in [7, 11) is 0. The minimum atomic E-state index is 0.0408. The number of aromatic nitrogens is 2. The van der Waals surface area contributed by atoms with Gasteiger partial charge in [0.2, 0.25) is 0 Å².